The molecular weight excluding hydrogens is 248 g/mol. The smallest absolute Gasteiger partial charge is 0.142 e. The fraction of sp³-hybridized carbons (Fsp3) is 0.647. The Morgan fingerprint density at radius 2 is 2.10 bits per heavy atom. The first-order valence-corrected chi connectivity index (χ1v) is 8.05. The molecule has 0 aromatic heterocycles. The Hall–Kier alpha value is -1.22. The number of benzene rings is 1. The lowest BCUT2D eigenvalue weighted by Crippen LogP contribution is -2.33. The molecule has 3 aliphatic rings. The second kappa shape index (κ2) is 4.96. The summed E-state index contributed by atoms with van der Waals surface area (Å²) >= 11 is 0. The lowest BCUT2D eigenvalue weighted by atomic mass is 9.92. The van der Waals surface area contributed by atoms with Crippen molar-refractivity contribution >= 4 is 5.69 Å². The molecular formula is C17H24N2O. The van der Waals surface area contributed by atoms with Gasteiger partial charge in [0, 0.05) is 13.1 Å². The fourth-order valence-electron chi connectivity index (χ4n) is 4.08. The molecule has 0 radical (unpaired) electrons. The predicted molar refractivity (Wildman–Crippen MR) is 81.4 cm³/mol. The quantitative estimate of drug-likeness (QED) is 0.896. The number of rotatable bonds is 2. The minimum atomic E-state index is 0.674. The van der Waals surface area contributed by atoms with Gasteiger partial charge in [-0.2, -0.15) is 0 Å². The molecule has 1 aliphatic carbocycles. The van der Waals surface area contributed by atoms with E-state index in [1.807, 2.05) is 0 Å². The number of hydrogen-bond donors (Lipinski definition) is 1. The summed E-state index contributed by atoms with van der Waals surface area (Å²) in [5, 5.41) is 3.50. The van der Waals surface area contributed by atoms with E-state index in [2.05, 4.69) is 34.5 Å². The Morgan fingerprint density at radius 1 is 1.25 bits per heavy atom. The van der Waals surface area contributed by atoms with E-state index in [1.54, 1.807) is 0 Å². The van der Waals surface area contributed by atoms with E-state index in [-0.39, 0.29) is 0 Å². The average molecular weight is 272 g/mol. The van der Waals surface area contributed by atoms with E-state index in [9.17, 15) is 0 Å². The van der Waals surface area contributed by atoms with Crippen LogP contribution in [0, 0.1) is 11.3 Å². The van der Waals surface area contributed by atoms with Gasteiger partial charge < -0.3 is 15.0 Å². The number of piperidine rings is 1. The van der Waals surface area contributed by atoms with Gasteiger partial charge in [0.05, 0.1) is 12.3 Å². The molecule has 0 bridgehead atoms. The summed E-state index contributed by atoms with van der Waals surface area (Å²) in [6.07, 6.45) is 5.33. The van der Waals surface area contributed by atoms with Crippen LogP contribution in [0.3, 0.4) is 0 Å². The van der Waals surface area contributed by atoms with Crippen LogP contribution in [-0.2, 0) is 0 Å². The molecule has 1 atom stereocenters. The van der Waals surface area contributed by atoms with E-state index < -0.39 is 0 Å². The summed E-state index contributed by atoms with van der Waals surface area (Å²) in [5.74, 6) is 1.97. The maximum absolute atomic E-state index is 5.87. The Morgan fingerprint density at radius 3 is 3.00 bits per heavy atom. The van der Waals surface area contributed by atoms with Crippen molar-refractivity contribution in [1.82, 2.24) is 5.32 Å². The van der Waals surface area contributed by atoms with Crippen LogP contribution in [0.4, 0.5) is 5.69 Å². The molecule has 0 amide bonds. The van der Waals surface area contributed by atoms with E-state index in [0.29, 0.717) is 5.41 Å². The number of hydrogen-bond acceptors (Lipinski definition) is 3. The molecule has 1 saturated heterocycles. The van der Waals surface area contributed by atoms with Crippen molar-refractivity contribution in [3.8, 4) is 5.75 Å². The standard InChI is InChI=1S/C17H24N2O/c1-2-5-16-15(4-1)19(10-3-11-20-16)13-14-12-17(14)6-8-18-9-7-17/h1-2,4-5,14,18H,3,6-13H2. The van der Waals surface area contributed by atoms with Crippen molar-refractivity contribution in [2.24, 2.45) is 11.3 Å². The van der Waals surface area contributed by atoms with Crippen molar-refractivity contribution in [1.29, 1.82) is 0 Å². The van der Waals surface area contributed by atoms with Gasteiger partial charge in [-0.25, -0.2) is 0 Å². The lowest BCUT2D eigenvalue weighted by molar-refractivity contribution is 0.319. The van der Waals surface area contributed by atoms with Gasteiger partial charge in [-0.05, 0) is 62.2 Å². The Balaban J connectivity index is 1.49. The van der Waals surface area contributed by atoms with Gasteiger partial charge in [0.1, 0.15) is 5.75 Å². The molecule has 1 aromatic rings. The van der Waals surface area contributed by atoms with Crippen molar-refractivity contribution < 1.29 is 4.74 Å². The highest BCUT2D eigenvalue weighted by Gasteiger charge is 2.54. The monoisotopic (exact) mass is 272 g/mol. The summed E-state index contributed by atoms with van der Waals surface area (Å²) in [6, 6.07) is 8.54. The van der Waals surface area contributed by atoms with Crippen molar-refractivity contribution in [3.63, 3.8) is 0 Å². The number of nitrogens with zero attached hydrogens (tertiary/aromatic N) is 1. The van der Waals surface area contributed by atoms with Crippen molar-refractivity contribution in [2.75, 3.05) is 37.7 Å². The van der Waals surface area contributed by atoms with E-state index >= 15 is 0 Å². The predicted octanol–water partition coefficient (Wildman–Crippen LogP) is 2.67. The third-order valence-corrected chi connectivity index (χ3v) is 5.43. The van der Waals surface area contributed by atoms with Crippen molar-refractivity contribution in [2.45, 2.75) is 25.7 Å². The van der Waals surface area contributed by atoms with Gasteiger partial charge in [-0.15, -0.1) is 0 Å². The maximum Gasteiger partial charge on any atom is 0.142 e. The van der Waals surface area contributed by atoms with Crippen molar-refractivity contribution in [3.05, 3.63) is 24.3 Å². The Bertz CT molecular complexity index is 482. The van der Waals surface area contributed by atoms with Crippen LogP contribution in [-0.4, -0.2) is 32.8 Å². The zero-order chi connectivity index (χ0) is 13.4. The molecule has 1 spiro atoms. The molecule has 3 heteroatoms. The lowest BCUT2D eigenvalue weighted by Gasteiger charge is -2.28. The highest BCUT2D eigenvalue weighted by atomic mass is 16.5. The van der Waals surface area contributed by atoms with E-state index in [1.165, 1.54) is 44.6 Å². The highest BCUT2D eigenvalue weighted by molar-refractivity contribution is 5.59. The third kappa shape index (κ3) is 2.18. The summed E-state index contributed by atoms with van der Waals surface area (Å²) in [7, 11) is 0. The number of nitrogens with one attached hydrogen (secondary N) is 1. The summed E-state index contributed by atoms with van der Waals surface area (Å²) < 4.78 is 5.87. The van der Waals surface area contributed by atoms with Gasteiger partial charge in [0.25, 0.3) is 0 Å². The van der Waals surface area contributed by atoms with Gasteiger partial charge in [0.15, 0.2) is 0 Å². The second-order valence-corrected chi connectivity index (χ2v) is 6.63. The molecule has 108 valence electrons. The van der Waals surface area contributed by atoms with Crippen LogP contribution >= 0.6 is 0 Å². The highest BCUT2D eigenvalue weighted by Crippen LogP contribution is 2.59. The van der Waals surface area contributed by atoms with Gasteiger partial charge in [-0.1, -0.05) is 12.1 Å². The zero-order valence-electron chi connectivity index (χ0n) is 12.1. The first-order valence-electron chi connectivity index (χ1n) is 8.05. The Labute approximate surface area is 121 Å². The maximum atomic E-state index is 5.87. The summed E-state index contributed by atoms with van der Waals surface area (Å²) in [5.41, 5.74) is 1.98. The molecule has 4 rings (SSSR count). The summed E-state index contributed by atoms with van der Waals surface area (Å²) in [6.45, 7) is 5.65. The van der Waals surface area contributed by atoms with Crippen LogP contribution in [0.5, 0.6) is 5.75 Å². The number of anilines is 1. The number of ether oxygens (including phenoxy) is 1. The first kappa shape index (κ1) is 12.5. The topological polar surface area (TPSA) is 24.5 Å². The Kier molecular flexibility index (Phi) is 3.10. The minimum absolute atomic E-state index is 0.674. The van der Waals surface area contributed by atoms with Gasteiger partial charge >= 0.3 is 0 Å². The molecule has 20 heavy (non-hydrogen) atoms. The first-order chi connectivity index (χ1) is 9.87. The number of fused-ring (bicyclic) bond motifs is 1. The van der Waals surface area contributed by atoms with Crippen LogP contribution in [0.1, 0.15) is 25.7 Å². The molecule has 2 fully saturated rings. The van der Waals surface area contributed by atoms with Crippen LogP contribution in [0.25, 0.3) is 0 Å². The molecule has 2 heterocycles. The minimum Gasteiger partial charge on any atom is -0.491 e. The SMILES string of the molecule is c1ccc2c(c1)OCCCN2CC1CC12CCNCC2. The molecule has 1 N–H and O–H groups in total. The second-order valence-electron chi connectivity index (χ2n) is 6.63. The van der Waals surface area contributed by atoms with Gasteiger partial charge in [0.2, 0.25) is 0 Å². The largest absolute Gasteiger partial charge is 0.491 e. The summed E-state index contributed by atoms with van der Waals surface area (Å²) in [4.78, 5) is 2.57. The molecule has 1 unspecified atom stereocenters. The zero-order valence-corrected chi connectivity index (χ0v) is 12.1. The van der Waals surface area contributed by atoms with Gasteiger partial charge in [-0.3, -0.25) is 0 Å². The van der Waals surface area contributed by atoms with Crippen LogP contribution in [0.15, 0.2) is 24.3 Å². The molecule has 1 saturated carbocycles. The third-order valence-electron chi connectivity index (χ3n) is 5.43. The molecule has 3 nitrogen and oxygen atoms in total. The molecule has 2 aliphatic heterocycles. The van der Waals surface area contributed by atoms with Crippen LogP contribution < -0.4 is 15.0 Å². The van der Waals surface area contributed by atoms with Crippen LogP contribution in [0.2, 0.25) is 0 Å². The van der Waals surface area contributed by atoms with E-state index in [4.69, 9.17) is 4.74 Å². The molecule has 1 aromatic carbocycles. The average Bonchev–Trinajstić information content (AvgIpc) is 3.19. The number of para-hydroxylation sites is 2. The normalized spacial score (nSPS) is 27.6. The fourth-order valence-corrected chi connectivity index (χ4v) is 4.08. The van der Waals surface area contributed by atoms with E-state index in [0.717, 1.165) is 31.2 Å².